The Morgan fingerprint density at radius 3 is 2.52 bits per heavy atom. The number of rotatable bonds is 9. The third kappa shape index (κ3) is 6.02. The van der Waals surface area contributed by atoms with Crippen LogP contribution in [-0.2, 0) is 6.42 Å². The number of halogens is 3. The minimum Gasteiger partial charge on any atom is -0.208 e. The van der Waals surface area contributed by atoms with Gasteiger partial charge in [-0.3, -0.25) is 0 Å². The van der Waals surface area contributed by atoms with Crippen LogP contribution in [0.5, 0.6) is 0 Å². The Bertz CT molecular complexity index is 917. The molecular formula is C28H35F3. The van der Waals surface area contributed by atoms with Gasteiger partial charge in [-0.25, -0.2) is 13.2 Å². The summed E-state index contributed by atoms with van der Waals surface area (Å²) in [6, 6.07) is 8.58. The van der Waals surface area contributed by atoms with Gasteiger partial charge in [0.25, 0.3) is 0 Å². The third-order valence-electron chi connectivity index (χ3n) is 6.72. The number of benzene rings is 2. The van der Waals surface area contributed by atoms with Gasteiger partial charge in [0, 0.05) is 16.9 Å². The van der Waals surface area contributed by atoms with Crippen molar-refractivity contribution in [3.8, 4) is 0 Å². The lowest BCUT2D eigenvalue weighted by Gasteiger charge is -2.27. The van der Waals surface area contributed by atoms with E-state index in [1.54, 1.807) is 12.1 Å². The molecular weight excluding hydrogens is 393 g/mol. The van der Waals surface area contributed by atoms with E-state index in [1.807, 2.05) is 25.1 Å². The van der Waals surface area contributed by atoms with Gasteiger partial charge in [-0.1, -0.05) is 69.0 Å². The lowest BCUT2D eigenvalue weighted by molar-refractivity contribution is 0.258. The maximum Gasteiger partial charge on any atom is 0.165 e. The molecule has 3 heteroatoms. The van der Waals surface area contributed by atoms with Crippen molar-refractivity contribution in [1.82, 2.24) is 0 Å². The molecule has 0 heterocycles. The molecule has 31 heavy (non-hydrogen) atoms. The van der Waals surface area contributed by atoms with Crippen LogP contribution < -0.4 is 0 Å². The number of fused-ring (bicyclic) bond motifs is 1. The van der Waals surface area contributed by atoms with Crippen LogP contribution in [0.4, 0.5) is 13.2 Å². The summed E-state index contributed by atoms with van der Waals surface area (Å²) in [6.45, 7) is 4.17. The van der Waals surface area contributed by atoms with E-state index in [1.165, 1.54) is 31.7 Å². The first-order valence-corrected chi connectivity index (χ1v) is 11.9. The summed E-state index contributed by atoms with van der Waals surface area (Å²) < 4.78 is 45.0. The summed E-state index contributed by atoms with van der Waals surface area (Å²) in [5.41, 5.74) is 0.854. The molecule has 0 nitrogen and oxygen atoms in total. The van der Waals surface area contributed by atoms with E-state index in [0.29, 0.717) is 24.1 Å². The quantitative estimate of drug-likeness (QED) is 0.275. The molecule has 2 aromatic carbocycles. The minimum atomic E-state index is -1.02. The monoisotopic (exact) mass is 428 g/mol. The number of unbranched alkanes of at least 4 members (excludes halogenated alkanes) is 2. The molecule has 3 rings (SSSR count). The fraction of sp³-hybridized carbons (Fsp3) is 0.500. The first-order valence-electron chi connectivity index (χ1n) is 11.9. The molecule has 0 aromatic heterocycles. The van der Waals surface area contributed by atoms with Crippen molar-refractivity contribution >= 4 is 16.6 Å². The normalized spacial score (nSPS) is 20.4. The third-order valence-corrected chi connectivity index (χ3v) is 6.72. The first-order chi connectivity index (χ1) is 15.0. The largest absolute Gasteiger partial charge is 0.208 e. The standard InChI is InChI=1S/C28H35F3/c1-3-5-7-9-20-11-14-22(15-12-20)26(29)28(31)25-18-16-23-19-21(10-8-6-4-2)13-17-24(23)27(25)30/h4,6,13,16-20,22H,3,5,7-12,14-15H2,1-2H3/b6-4+,28-26?. The highest BCUT2D eigenvalue weighted by Gasteiger charge is 2.27. The summed E-state index contributed by atoms with van der Waals surface area (Å²) in [5, 5.41) is 1.06. The van der Waals surface area contributed by atoms with Gasteiger partial charge in [0.15, 0.2) is 5.83 Å². The molecule has 0 spiro atoms. The van der Waals surface area contributed by atoms with Crippen molar-refractivity contribution in [2.45, 2.75) is 78.1 Å². The van der Waals surface area contributed by atoms with Gasteiger partial charge in [-0.2, -0.15) is 0 Å². The van der Waals surface area contributed by atoms with Crippen molar-refractivity contribution in [2.24, 2.45) is 11.8 Å². The second-order valence-corrected chi connectivity index (χ2v) is 8.97. The van der Waals surface area contributed by atoms with E-state index < -0.39 is 23.4 Å². The van der Waals surface area contributed by atoms with Gasteiger partial charge in [0.2, 0.25) is 0 Å². The average Bonchev–Trinajstić information content (AvgIpc) is 2.79. The van der Waals surface area contributed by atoms with Crippen LogP contribution in [0, 0.1) is 17.7 Å². The molecule has 2 aromatic rings. The maximum absolute atomic E-state index is 15.1. The van der Waals surface area contributed by atoms with Gasteiger partial charge in [-0.15, -0.1) is 0 Å². The number of hydrogen-bond acceptors (Lipinski definition) is 0. The second-order valence-electron chi connectivity index (χ2n) is 8.97. The van der Waals surface area contributed by atoms with Crippen LogP contribution in [0.1, 0.15) is 82.8 Å². The molecule has 0 atom stereocenters. The van der Waals surface area contributed by atoms with Crippen molar-refractivity contribution in [2.75, 3.05) is 0 Å². The smallest absolute Gasteiger partial charge is 0.165 e. The lowest BCUT2D eigenvalue weighted by Crippen LogP contribution is -2.15. The van der Waals surface area contributed by atoms with Crippen molar-refractivity contribution in [1.29, 1.82) is 0 Å². The summed E-state index contributed by atoms with van der Waals surface area (Å²) in [6.07, 6.45) is 13.9. The average molecular weight is 429 g/mol. The van der Waals surface area contributed by atoms with E-state index >= 15 is 4.39 Å². The molecule has 0 aliphatic heterocycles. The fourth-order valence-corrected chi connectivity index (χ4v) is 4.78. The zero-order valence-corrected chi connectivity index (χ0v) is 18.9. The molecule has 0 radical (unpaired) electrons. The predicted octanol–water partition coefficient (Wildman–Crippen LogP) is 9.48. The Kier molecular flexibility index (Phi) is 8.80. The van der Waals surface area contributed by atoms with Crippen molar-refractivity contribution in [3.63, 3.8) is 0 Å². The molecule has 0 N–H and O–H groups in total. The van der Waals surface area contributed by atoms with Crippen LogP contribution in [0.3, 0.4) is 0 Å². The highest BCUT2D eigenvalue weighted by molar-refractivity contribution is 5.87. The van der Waals surface area contributed by atoms with Gasteiger partial charge >= 0.3 is 0 Å². The molecule has 0 amide bonds. The molecule has 1 fully saturated rings. The SMILES string of the molecule is C/C=C/CCc1ccc2c(F)c(C(F)=C(F)C3CCC(CCCCC)CC3)ccc2c1. The number of allylic oxidation sites excluding steroid dienone is 3. The van der Waals surface area contributed by atoms with Gasteiger partial charge in [-0.05, 0) is 68.4 Å². The van der Waals surface area contributed by atoms with Crippen LogP contribution in [0.15, 0.2) is 48.3 Å². The van der Waals surface area contributed by atoms with E-state index in [9.17, 15) is 8.78 Å². The first kappa shape index (κ1) is 23.6. The van der Waals surface area contributed by atoms with Crippen LogP contribution >= 0.6 is 0 Å². The zero-order valence-electron chi connectivity index (χ0n) is 18.9. The van der Waals surface area contributed by atoms with E-state index in [0.717, 1.165) is 36.6 Å². The Balaban J connectivity index is 1.73. The van der Waals surface area contributed by atoms with Gasteiger partial charge in [0.05, 0.1) is 0 Å². The number of aryl methyl sites for hydroxylation is 1. The van der Waals surface area contributed by atoms with Crippen LogP contribution in [0.25, 0.3) is 16.6 Å². The Morgan fingerprint density at radius 1 is 1.03 bits per heavy atom. The fourth-order valence-electron chi connectivity index (χ4n) is 4.78. The van der Waals surface area contributed by atoms with Gasteiger partial charge < -0.3 is 0 Å². The molecule has 0 unspecified atom stereocenters. The molecule has 1 aliphatic rings. The molecule has 1 saturated carbocycles. The molecule has 0 bridgehead atoms. The van der Waals surface area contributed by atoms with Crippen LogP contribution in [-0.4, -0.2) is 0 Å². The molecule has 168 valence electrons. The lowest BCUT2D eigenvalue weighted by atomic mass is 9.79. The Hall–Kier alpha value is -2.03. The summed E-state index contributed by atoms with van der Waals surface area (Å²) in [4.78, 5) is 0. The summed E-state index contributed by atoms with van der Waals surface area (Å²) in [7, 11) is 0. The van der Waals surface area contributed by atoms with Crippen molar-refractivity contribution in [3.05, 3.63) is 65.3 Å². The van der Waals surface area contributed by atoms with E-state index in [4.69, 9.17) is 0 Å². The zero-order chi connectivity index (χ0) is 22.2. The van der Waals surface area contributed by atoms with Crippen molar-refractivity contribution < 1.29 is 13.2 Å². The molecule has 1 aliphatic carbocycles. The minimum absolute atomic E-state index is 0.253. The summed E-state index contributed by atoms with van der Waals surface area (Å²) in [5.74, 6) is -2.26. The maximum atomic E-state index is 15.1. The highest BCUT2D eigenvalue weighted by atomic mass is 19.2. The predicted molar refractivity (Wildman–Crippen MR) is 126 cm³/mol. The van der Waals surface area contributed by atoms with E-state index in [-0.39, 0.29) is 5.56 Å². The van der Waals surface area contributed by atoms with Gasteiger partial charge in [0.1, 0.15) is 11.6 Å². The highest BCUT2D eigenvalue weighted by Crippen LogP contribution is 2.40. The van der Waals surface area contributed by atoms with E-state index in [2.05, 4.69) is 13.0 Å². The number of hydrogen-bond donors (Lipinski definition) is 0. The van der Waals surface area contributed by atoms with Crippen LogP contribution in [0.2, 0.25) is 0 Å². The Morgan fingerprint density at radius 2 is 1.81 bits per heavy atom. The molecule has 0 saturated heterocycles. The Labute approximate surface area is 185 Å². The topological polar surface area (TPSA) is 0 Å². The second kappa shape index (κ2) is 11.5. The summed E-state index contributed by atoms with van der Waals surface area (Å²) >= 11 is 0.